The maximum Gasteiger partial charge on any atom is 0.387 e. The lowest BCUT2D eigenvalue weighted by atomic mass is 9.86. The molecule has 2 aromatic heterocycles. The number of carbonyl (C=O) groups is 2. The SMILES string of the molecule is O=C(O[C@@H](Cc1c(Cl)c[nH+]cc1Cl)c1ccc(OC(F)F)c(OCC2CC2)c1)c1cccc(NC(C(=O)O[C@H]2CN3CCC2CC3)c2cccs2)c1. The van der Waals surface area contributed by atoms with Crippen LogP contribution in [0, 0.1) is 11.8 Å². The third-order valence-corrected chi connectivity index (χ3v) is 11.3. The van der Waals surface area contributed by atoms with Gasteiger partial charge in [0.2, 0.25) is 0 Å². The number of nitrogens with zero attached hydrogens (tertiary/aromatic N) is 1. The van der Waals surface area contributed by atoms with E-state index < -0.39 is 24.7 Å². The van der Waals surface area contributed by atoms with Crippen molar-refractivity contribution < 1.29 is 42.3 Å². The maximum atomic E-state index is 13.9. The fourth-order valence-corrected chi connectivity index (χ4v) is 7.97. The maximum absolute atomic E-state index is 13.9. The van der Waals surface area contributed by atoms with Gasteiger partial charge < -0.3 is 24.3 Å². The van der Waals surface area contributed by atoms with Crippen molar-refractivity contribution in [1.82, 2.24) is 4.90 Å². The summed E-state index contributed by atoms with van der Waals surface area (Å²) >= 11 is 14.4. The number of esters is 2. The van der Waals surface area contributed by atoms with Gasteiger partial charge in [-0.05, 0) is 98.0 Å². The van der Waals surface area contributed by atoms with Gasteiger partial charge in [-0.15, -0.1) is 11.3 Å². The fraction of sp³-hybridized carbons (Fsp3) is 0.395. The Balaban J connectivity index is 1.13. The van der Waals surface area contributed by atoms with Gasteiger partial charge in [-0.1, -0.05) is 41.4 Å². The average molecular weight is 774 g/mol. The third kappa shape index (κ3) is 8.97. The van der Waals surface area contributed by atoms with Crippen LogP contribution in [-0.4, -0.2) is 55.8 Å². The topological polar surface area (TPSA) is 100 Å². The highest BCUT2D eigenvalue weighted by atomic mass is 35.5. The normalized spacial score (nSPS) is 20.6. The molecule has 4 aromatic rings. The monoisotopic (exact) mass is 772 g/mol. The van der Waals surface area contributed by atoms with Crippen LogP contribution >= 0.6 is 34.5 Å². The summed E-state index contributed by atoms with van der Waals surface area (Å²) in [6, 6.07) is 14.1. The van der Waals surface area contributed by atoms with E-state index in [2.05, 4.69) is 15.2 Å². The van der Waals surface area contributed by atoms with Crippen LogP contribution in [0.4, 0.5) is 14.5 Å². The molecule has 0 radical (unpaired) electrons. The molecule has 5 heterocycles. The Morgan fingerprint density at radius 1 is 0.981 bits per heavy atom. The Morgan fingerprint density at radius 2 is 1.77 bits per heavy atom. The summed E-state index contributed by atoms with van der Waals surface area (Å²) in [6.45, 7) is 0.103. The number of rotatable bonds is 15. The number of piperidine rings is 3. The number of alkyl halides is 2. The molecule has 2 N–H and O–H groups in total. The fourth-order valence-electron chi connectivity index (χ4n) is 6.67. The second-order valence-electron chi connectivity index (χ2n) is 13.4. The highest BCUT2D eigenvalue weighted by Gasteiger charge is 2.38. The largest absolute Gasteiger partial charge is 0.489 e. The lowest BCUT2D eigenvalue weighted by Crippen LogP contribution is -2.52. The number of hydrogen-bond acceptors (Lipinski definition) is 9. The smallest absolute Gasteiger partial charge is 0.387 e. The first-order chi connectivity index (χ1) is 25.2. The molecule has 14 heteroatoms. The molecule has 0 spiro atoms. The van der Waals surface area contributed by atoms with Gasteiger partial charge in [-0.2, -0.15) is 8.78 Å². The number of carbonyl (C=O) groups excluding carboxylic acids is 2. The summed E-state index contributed by atoms with van der Waals surface area (Å²) in [5.74, 6) is -0.350. The number of anilines is 1. The molecule has 274 valence electrons. The molecule has 3 aliphatic heterocycles. The molecule has 9 nitrogen and oxygen atoms in total. The number of halogens is 4. The lowest BCUT2D eigenvalue weighted by molar-refractivity contribution is -0.377. The first-order valence-electron chi connectivity index (χ1n) is 17.3. The standard InChI is InChI=1S/C38H37Cl2F2N3O6S/c39-28-18-43-19-29(40)27(28)17-31(24-8-9-30(51-38(41)42)32(16-24)48-21-22-6-7-22)49-36(46)25-3-1-4-26(15-25)44-35(34-5-2-14-52-34)37(47)50-33-20-45-12-10-23(33)11-13-45/h1-5,8-9,14-16,18-19,22-23,31,33,35,38,44H,6-7,10-13,17,20-21H2/p+1/t31-,33-,35?/m0/s1. The van der Waals surface area contributed by atoms with E-state index in [4.69, 9.17) is 42.1 Å². The molecule has 0 amide bonds. The molecule has 1 unspecified atom stereocenters. The van der Waals surface area contributed by atoms with Gasteiger partial charge in [-0.3, -0.25) is 4.90 Å². The minimum absolute atomic E-state index is 0.0685. The van der Waals surface area contributed by atoms with E-state index in [9.17, 15) is 18.4 Å². The summed E-state index contributed by atoms with van der Waals surface area (Å²) < 4.78 is 49.4. The number of pyridine rings is 1. The van der Waals surface area contributed by atoms with Crippen LogP contribution in [0.2, 0.25) is 10.0 Å². The number of fused-ring (bicyclic) bond motifs is 3. The molecule has 4 aliphatic rings. The molecular weight excluding hydrogens is 735 g/mol. The molecule has 3 saturated heterocycles. The van der Waals surface area contributed by atoms with E-state index in [0.29, 0.717) is 45.3 Å². The summed E-state index contributed by atoms with van der Waals surface area (Å²) in [7, 11) is 0. The molecule has 8 rings (SSSR count). The number of aromatic nitrogens is 1. The number of nitrogens with one attached hydrogen (secondary N) is 2. The molecule has 4 fully saturated rings. The Hall–Kier alpha value is -3.97. The predicted octanol–water partition coefficient (Wildman–Crippen LogP) is 8.19. The molecule has 2 aromatic carbocycles. The zero-order chi connectivity index (χ0) is 36.2. The quantitative estimate of drug-likeness (QED) is 0.121. The Bertz CT molecular complexity index is 1850. The minimum Gasteiger partial charge on any atom is -0.489 e. The number of aromatic amines is 1. The molecule has 3 atom stereocenters. The van der Waals surface area contributed by atoms with Gasteiger partial charge in [-0.25, -0.2) is 14.6 Å². The van der Waals surface area contributed by atoms with Crippen molar-refractivity contribution in [2.24, 2.45) is 11.8 Å². The van der Waals surface area contributed by atoms with Crippen molar-refractivity contribution in [3.8, 4) is 11.5 Å². The zero-order valence-electron chi connectivity index (χ0n) is 28.1. The summed E-state index contributed by atoms with van der Waals surface area (Å²) in [4.78, 5) is 33.5. The Labute approximate surface area is 314 Å². The van der Waals surface area contributed by atoms with Gasteiger partial charge in [0.25, 0.3) is 0 Å². The van der Waals surface area contributed by atoms with Gasteiger partial charge in [0.05, 0.1) is 12.2 Å². The molecular formula is C38H38Cl2F2N3O6S+. The third-order valence-electron chi connectivity index (χ3n) is 9.70. The molecule has 1 aliphatic carbocycles. The first kappa shape index (κ1) is 36.4. The second kappa shape index (κ2) is 16.4. The van der Waals surface area contributed by atoms with Crippen molar-refractivity contribution in [2.75, 3.05) is 31.6 Å². The average Bonchev–Trinajstić information content (AvgIpc) is 3.82. The van der Waals surface area contributed by atoms with E-state index in [1.165, 1.54) is 17.4 Å². The van der Waals surface area contributed by atoms with Crippen LogP contribution < -0.4 is 19.8 Å². The summed E-state index contributed by atoms with van der Waals surface area (Å²) in [5, 5.41) is 5.84. The second-order valence-corrected chi connectivity index (χ2v) is 15.1. The Kier molecular flexibility index (Phi) is 11.5. The molecule has 52 heavy (non-hydrogen) atoms. The number of H-pyrrole nitrogens is 1. The van der Waals surface area contributed by atoms with Gasteiger partial charge in [0.1, 0.15) is 22.3 Å². The minimum atomic E-state index is -3.05. The van der Waals surface area contributed by atoms with Crippen LogP contribution in [0.5, 0.6) is 11.5 Å². The lowest BCUT2D eigenvalue weighted by Gasteiger charge is -2.44. The first-order valence-corrected chi connectivity index (χ1v) is 18.9. The summed E-state index contributed by atoms with van der Waals surface area (Å²) in [5.41, 5.74) is 1.71. The predicted molar refractivity (Wildman–Crippen MR) is 192 cm³/mol. The highest BCUT2D eigenvalue weighted by Crippen LogP contribution is 2.38. The van der Waals surface area contributed by atoms with E-state index >= 15 is 0 Å². The Morgan fingerprint density at radius 3 is 2.44 bits per heavy atom. The number of benzene rings is 2. The number of thiophene rings is 1. The van der Waals surface area contributed by atoms with E-state index in [0.717, 1.165) is 50.2 Å². The van der Waals surface area contributed by atoms with Crippen molar-refractivity contribution in [1.29, 1.82) is 0 Å². The van der Waals surface area contributed by atoms with E-state index in [1.54, 1.807) is 48.8 Å². The van der Waals surface area contributed by atoms with Crippen molar-refractivity contribution in [3.05, 3.63) is 104 Å². The molecule has 1 saturated carbocycles. The number of hydrogen-bond donors (Lipinski definition) is 1. The zero-order valence-corrected chi connectivity index (χ0v) is 30.4. The van der Waals surface area contributed by atoms with E-state index in [-0.39, 0.29) is 35.6 Å². The number of ether oxygens (including phenoxy) is 4. The molecule has 2 bridgehead atoms. The van der Waals surface area contributed by atoms with Crippen LogP contribution in [0.3, 0.4) is 0 Å². The van der Waals surface area contributed by atoms with Crippen molar-refractivity contribution in [2.45, 2.75) is 57.0 Å². The van der Waals surface area contributed by atoms with Crippen molar-refractivity contribution in [3.63, 3.8) is 0 Å². The highest BCUT2D eigenvalue weighted by molar-refractivity contribution is 7.10. The van der Waals surface area contributed by atoms with Crippen LogP contribution in [0.1, 0.15) is 64.2 Å². The van der Waals surface area contributed by atoms with Crippen molar-refractivity contribution >= 4 is 52.2 Å². The summed E-state index contributed by atoms with van der Waals surface area (Å²) in [6.07, 6.45) is 6.11. The van der Waals surface area contributed by atoms with Gasteiger partial charge >= 0.3 is 18.6 Å². The van der Waals surface area contributed by atoms with Crippen LogP contribution in [-0.2, 0) is 20.7 Å². The van der Waals surface area contributed by atoms with Gasteiger partial charge in [0, 0.05) is 29.1 Å². The van der Waals surface area contributed by atoms with E-state index in [1.807, 2.05) is 17.5 Å². The van der Waals surface area contributed by atoms with Crippen LogP contribution in [0.15, 0.2) is 72.4 Å². The van der Waals surface area contributed by atoms with Crippen LogP contribution in [0.25, 0.3) is 0 Å². The van der Waals surface area contributed by atoms with Gasteiger partial charge in [0.15, 0.2) is 29.9 Å².